The number of hydrogen-bond acceptors (Lipinski definition) is 8. The van der Waals surface area contributed by atoms with E-state index in [1.807, 2.05) is 37.8 Å². The standard InChI is InChI=1S/C31H40N4O6/c1-31(2,3)41-30(37)35(20-22-16-27-28(19-32-22)40-15-14-39-27)23-9-7-21(8-10-23)6-5-13-34-26-17-24(38-4)18-33-25(26)11-12-29(34)36/h11-12,16-19,21,23H,5-10,13-15,20H2,1-4H3. The van der Waals surface area contributed by atoms with Gasteiger partial charge in [0.05, 0.1) is 42.8 Å². The van der Waals surface area contributed by atoms with Crippen molar-refractivity contribution < 1.29 is 23.7 Å². The van der Waals surface area contributed by atoms with Crippen molar-refractivity contribution in [2.75, 3.05) is 20.3 Å². The molecule has 0 spiro atoms. The average molecular weight is 565 g/mol. The highest BCUT2D eigenvalue weighted by Crippen LogP contribution is 2.34. The molecular formula is C31H40N4O6. The van der Waals surface area contributed by atoms with Gasteiger partial charge in [0, 0.05) is 30.8 Å². The van der Waals surface area contributed by atoms with Gasteiger partial charge in [-0.3, -0.25) is 19.7 Å². The summed E-state index contributed by atoms with van der Waals surface area (Å²) in [4.78, 5) is 36.8. The highest BCUT2D eigenvalue weighted by Gasteiger charge is 2.32. The first-order valence-electron chi connectivity index (χ1n) is 14.5. The van der Waals surface area contributed by atoms with E-state index in [9.17, 15) is 9.59 Å². The number of fused-ring (bicyclic) bond motifs is 2. The third kappa shape index (κ3) is 7.10. The lowest BCUT2D eigenvalue weighted by Crippen LogP contribution is -2.44. The van der Waals surface area contributed by atoms with E-state index in [4.69, 9.17) is 18.9 Å². The molecule has 220 valence electrons. The van der Waals surface area contributed by atoms with E-state index in [1.54, 1.807) is 36.2 Å². The van der Waals surface area contributed by atoms with Gasteiger partial charge >= 0.3 is 6.09 Å². The van der Waals surface area contributed by atoms with Crippen molar-refractivity contribution in [3.05, 3.63) is 52.7 Å². The summed E-state index contributed by atoms with van der Waals surface area (Å²) in [5.74, 6) is 2.47. The number of nitrogens with zero attached hydrogens (tertiary/aromatic N) is 4. The predicted molar refractivity (Wildman–Crippen MR) is 155 cm³/mol. The summed E-state index contributed by atoms with van der Waals surface area (Å²) < 4.78 is 24.2. The lowest BCUT2D eigenvalue weighted by atomic mass is 9.83. The van der Waals surface area contributed by atoms with Gasteiger partial charge in [-0.1, -0.05) is 0 Å². The second-order valence-electron chi connectivity index (χ2n) is 11.8. The van der Waals surface area contributed by atoms with Gasteiger partial charge in [0.2, 0.25) is 0 Å². The molecular weight excluding hydrogens is 524 g/mol. The lowest BCUT2D eigenvalue weighted by molar-refractivity contribution is 0.00739. The van der Waals surface area contributed by atoms with Crippen molar-refractivity contribution in [3.8, 4) is 17.2 Å². The average Bonchev–Trinajstić information content (AvgIpc) is 2.96. The van der Waals surface area contributed by atoms with E-state index in [-0.39, 0.29) is 17.7 Å². The highest BCUT2D eigenvalue weighted by atomic mass is 16.6. The Morgan fingerprint density at radius 1 is 1.05 bits per heavy atom. The molecule has 10 heteroatoms. The number of hydrogen-bond donors (Lipinski definition) is 0. The first-order valence-corrected chi connectivity index (χ1v) is 14.5. The largest absolute Gasteiger partial charge is 0.495 e. The number of rotatable bonds is 8. The molecule has 1 amide bonds. The summed E-state index contributed by atoms with van der Waals surface area (Å²) in [6.07, 6.45) is 8.73. The van der Waals surface area contributed by atoms with Crippen LogP contribution in [0.1, 0.15) is 65.0 Å². The monoisotopic (exact) mass is 564 g/mol. The number of aryl methyl sites for hydroxylation is 1. The van der Waals surface area contributed by atoms with Gasteiger partial charge in [-0.25, -0.2) is 4.79 Å². The van der Waals surface area contributed by atoms with Crippen LogP contribution in [0.3, 0.4) is 0 Å². The Balaban J connectivity index is 1.21. The minimum absolute atomic E-state index is 0.0305. The van der Waals surface area contributed by atoms with Crippen LogP contribution in [-0.2, 0) is 17.8 Å². The molecule has 0 unspecified atom stereocenters. The minimum atomic E-state index is -0.591. The second-order valence-corrected chi connectivity index (χ2v) is 11.8. The van der Waals surface area contributed by atoms with Crippen LogP contribution in [0.5, 0.6) is 17.2 Å². The summed E-state index contributed by atoms with van der Waals surface area (Å²) in [5, 5.41) is 0. The van der Waals surface area contributed by atoms with E-state index < -0.39 is 5.60 Å². The van der Waals surface area contributed by atoms with Crippen LogP contribution in [0, 0.1) is 5.92 Å². The molecule has 41 heavy (non-hydrogen) atoms. The summed E-state index contributed by atoms with van der Waals surface area (Å²) in [5.41, 5.74) is 1.69. The van der Waals surface area contributed by atoms with E-state index in [0.717, 1.165) is 55.3 Å². The number of aromatic nitrogens is 3. The van der Waals surface area contributed by atoms with E-state index in [0.29, 0.717) is 49.5 Å². The third-order valence-corrected chi connectivity index (χ3v) is 7.75. The Kier molecular flexibility index (Phi) is 8.65. The highest BCUT2D eigenvalue weighted by molar-refractivity contribution is 5.75. The molecule has 10 nitrogen and oxygen atoms in total. The smallest absolute Gasteiger partial charge is 0.410 e. The van der Waals surface area contributed by atoms with Gasteiger partial charge in [0.25, 0.3) is 5.56 Å². The molecule has 3 aromatic rings. The molecule has 1 aliphatic carbocycles. The van der Waals surface area contributed by atoms with Crippen LogP contribution < -0.4 is 19.8 Å². The molecule has 3 aromatic heterocycles. The molecule has 0 atom stereocenters. The fourth-order valence-electron chi connectivity index (χ4n) is 5.69. The first-order chi connectivity index (χ1) is 19.7. The molecule has 1 saturated carbocycles. The molecule has 0 bridgehead atoms. The molecule has 0 radical (unpaired) electrons. The Morgan fingerprint density at radius 2 is 1.80 bits per heavy atom. The molecule has 1 fully saturated rings. The first kappa shape index (κ1) is 28.7. The summed E-state index contributed by atoms with van der Waals surface area (Å²) in [6, 6.07) is 7.13. The third-order valence-electron chi connectivity index (χ3n) is 7.75. The number of amides is 1. The van der Waals surface area contributed by atoms with Crippen LogP contribution in [0.15, 0.2) is 41.5 Å². The molecule has 0 saturated heterocycles. The fraction of sp³-hybridized carbons (Fsp3) is 0.548. The number of methoxy groups -OCH3 is 1. The second kappa shape index (κ2) is 12.4. The van der Waals surface area contributed by atoms with Crippen molar-refractivity contribution in [1.82, 2.24) is 19.4 Å². The van der Waals surface area contributed by atoms with Crippen molar-refractivity contribution in [2.24, 2.45) is 5.92 Å². The van der Waals surface area contributed by atoms with Crippen molar-refractivity contribution in [3.63, 3.8) is 0 Å². The van der Waals surface area contributed by atoms with Crippen LogP contribution in [-0.4, -0.2) is 57.5 Å². The SMILES string of the molecule is COc1cnc2ccc(=O)n(CCCC3CCC(N(Cc4cc5c(cn4)OCCO5)C(=O)OC(C)(C)C)CC3)c2c1. The van der Waals surface area contributed by atoms with Gasteiger partial charge in [-0.05, 0) is 71.3 Å². The van der Waals surface area contributed by atoms with Crippen molar-refractivity contribution in [2.45, 2.75) is 84.0 Å². The summed E-state index contributed by atoms with van der Waals surface area (Å²) in [7, 11) is 1.60. The van der Waals surface area contributed by atoms with Gasteiger partial charge in [0.15, 0.2) is 11.5 Å². The van der Waals surface area contributed by atoms with Crippen LogP contribution >= 0.6 is 0 Å². The zero-order valence-corrected chi connectivity index (χ0v) is 24.4. The predicted octanol–water partition coefficient (Wildman–Crippen LogP) is 5.35. The maximum Gasteiger partial charge on any atom is 0.410 e. The quantitative estimate of drug-likeness (QED) is 0.361. The zero-order valence-electron chi connectivity index (χ0n) is 24.4. The molecule has 1 aliphatic heterocycles. The van der Waals surface area contributed by atoms with Crippen LogP contribution in [0.2, 0.25) is 0 Å². The molecule has 2 aliphatic rings. The van der Waals surface area contributed by atoms with Crippen molar-refractivity contribution in [1.29, 1.82) is 0 Å². The van der Waals surface area contributed by atoms with E-state index >= 15 is 0 Å². The van der Waals surface area contributed by atoms with Crippen molar-refractivity contribution >= 4 is 17.1 Å². The minimum Gasteiger partial charge on any atom is -0.495 e. The van der Waals surface area contributed by atoms with Gasteiger partial charge < -0.3 is 23.5 Å². The maximum atomic E-state index is 13.3. The number of carbonyl (C=O) groups excluding carboxylic acids is 1. The maximum absolute atomic E-state index is 13.3. The number of ether oxygens (including phenoxy) is 4. The molecule has 4 heterocycles. The lowest BCUT2D eigenvalue weighted by Gasteiger charge is -2.37. The number of pyridine rings is 3. The van der Waals surface area contributed by atoms with Crippen LogP contribution in [0.25, 0.3) is 11.0 Å². The molecule has 0 N–H and O–H groups in total. The topological polar surface area (TPSA) is 105 Å². The van der Waals surface area contributed by atoms with E-state index in [1.165, 1.54) is 0 Å². The Bertz CT molecular complexity index is 1420. The Morgan fingerprint density at radius 3 is 2.54 bits per heavy atom. The normalized spacial score (nSPS) is 18.6. The summed E-state index contributed by atoms with van der Waals surface area (Å²) >= 11 is 0. The zero-order chi connectivity index (χ0) is 29.0. The van der Waals surface area contributed by atoms with Gasteiger partial charge in [-0.15, -0.1) is 0 Å². The Labute approximate surface area is 240 Å². The fourth-order valence-corrected chi connectivity index (χ4v) is 5.69. The van der Waals surface area contributed by atoms with Crippen LogP contribution in [0.4, 0.5) is 4.79 Å². The van der Waals surface area contributed by atoms with Gasteiger partial charge in [-0.2, -0.15) is 0 Å². The van der Waals surface area contributed by atoms with Gasteiger partial charge in [0.1, 0.15) is 24.6 Å². The Hall–Kier alpha value is -3.82. The number of carbonyl (C=O) groups is 1. The summed E-state index contributed by atoms with van der Waals surface area (Å²) in [6.45, 7) is 7.64. The molecule has 0 aromatic carbocycles. The van der Waals surface area contributed by atoms with E-state index in [2.05, 4.69) is 9.97 Å². The molecule has 5 rings (SSSR count).